The van der Waals surface area contributed by atoms with Crippen molar-refractivity contribution in [1.29, 1.82) is 0 Å². The molecule has 0 atom stereocenters. The molecule has 1 N–H and O–H groups in total. The summed E-state index contributed by atoms with van der Waals surface area (Å²) in [7, 11) is 0. The van der Waals surface area contributed by atoms with Crippen molar-refractivity contribution in [2.75, 3.05) is 0 Å². The standard InChI is InChI=1S/C18H13N3O2S2/c22-17(18-21-14(11-25-18)16-4-2-6-24-16)20-9-12-7-13(10-19-8-12)15-3-1-5-23-15/h1-8,10-11H,9H2,(H,20,22). The van der Waals surface area contributed by atoms with Gasteiger partial charge in [0.2, 0.25) is 0 Å². The van der Waals surface area contributed by atoms with Crippen LogP contribution in [0, 0.1) is 0 Å². The van der Waals surface area contributed by atoms with Gasteiger partial charge in [0, 0.05) is 29.9 Å². The Hall–Kier alpha value is -2.77. The lowest BCUT2D eigenvalue weighted by Gasteiger charge is -2.04. The predicted molar refractivity (Wildman–Crippen MR) is 98.5 cm³/mol. The Bertz CT molecular complexity index is 976. The first-order valence-electron chi connectivity index (χ1n) is 7.55. The van der Waals surface area contributed by atoms with Gasteiger partial charge in [0.15, 0.2) is 5.01 Å². The van der Waals surface area contributed by atoms with Crippen molar-refractivity contribution in [2.45, 2.75) is 6.54 Å². The highest BCUT2D eigenvalue weighted by Crippen LogP contribution is 2.26. The van der Waals surface area contributed by atoms with E-state index in [1.165, 1.54) is 11.3 Å². The molecule has 0 saturated heterocycles. The molecule has 124 valence electrons. The molecule has 0 bridgehead atoms. The van der Waals surface area contributed by atoms with E-state index in [2.05, 4.69) is 15.3 Å². The minimum Gasteiger partial charge on any atom is -0.464 e. The summed E-state index contributed by atoms with van der Waals surface area (Å²) >= 11 is 2.95. The monoisotopic (exact) mass is 367 g/mol. The van der Waals surface area contributed by atoms with Crippen molar-refractivity contribution in [3.05, 3.63) is 70.3 Å². The van der Waals surface area contributed by atoms with Crippen LogP contribution in [-0.2, 0) is 6.54 Å². The average molecular weight is 367 g/mol. The van der Waals surface area contributed by atoms with Crippen LogP contribution in [0.4, 0.5) is 0 Å². The Labute approximate surface area is 152 Å². The number of furan rings is 1. The fourth-order valence-corrected chi connectivity index (χ4v) is 3.83. The van der Waals surface area contributed by atoms with Gasteiger partial charge in [-0.05, 0) is 35.2 Å². The van der Waals surface area contributed by atoms with E-state index in [1.54, 1.807) is 30.0 Å². The third kappa shape index (κ3) is 3.52. The summed E-state index contributed by atoms with van der Waals surface area (Å²) < 4.78 is 5.37. The number of thiophene rings is 1. The van der Waals surface area contributed by atoms with Crippen LogP contribution in [0.15, 0.2) is 64.2 Å². The smallest absolute Gasteiger partial charge is 0.280 e. The third-order valence-corrected chi connectivity index (χ3v) is 5.26. The van der Waals surface area contributed by atoms with Crippen molar-refractivity contribution < 1.29 is 9.21 Å². The van der Waals surface area contributed by atoms with Crippen LogP contribution in [0.5, 0.6) is 0 Å². The molecule has 7 heteroatoms. The van der Waals surface area contributed by atoms with Crippen LogP contribution in [0.3, 0.4) is 0 Å². The summed E-state index contributed by atoms with van der Waals surface area (Å²) in [6.45, 7) is 0.383. The van der Waals surface area contributed by atoms with E-state index in [-0.39, 0.29) is 5.91 Å². The average Bonchev–Trinajstić information content (AvgIpc) is 3.41. The van der Waals surface area contributed by atoms with E-state index in [1.807, 2.05) is 41.1 Å². The Morgan fingerprint density at radius 1 is 1.20 bits per heavy atom. The normalized spacial score (nSPS) is 10.7. The largest absolute Gasteiger partial charge is 0.464 e. The maximum Gasteiger partial charge on any atom is 0.280 e. The number of hydrogen-bond donors (Lipinski definition) is 1. The second kappa shape index (κ2) is 7.00. The fraction of sp³-hybridized carbons (Fsp3) is 0.0556. The maximum absolute atomic E-state index is 12.3. The highest BCUT2D eigenvalue weighted by Gasteiger charge is 2.12. The highest BCUT2D eigenvalue weighted by atomic mass is 32.1. The van der Waals surface area contributed by atoms with Gasteiger partial charge in [-0.25, -0.2) is 4.98 Å². The number of aromatic nitrogens is 2. The molecule has 4 heterocycles. The van der Waals surface area contributed by atoms with Gasteiger partial charge in [-0.3, -0.25) is 9.78 Å². The summed E-state index contributed by atoms with van der Waals surface area (Å²) in [6, 6.07) is 9.62. The Morgan fingerprint density at radius 2 is 2.16 bits per heavy atom. The molecule has 0 aliphatic carbocycles. The van der Waals surface area contributed by atoms with Crippen LogP contribution in [0.1, 0.15) is 15.4 Å². The lowest BCUT2D eigenvalue weighted by molar-refractivity contribution is 0.0950. The van der Waals surface area contributed by atoms with E-state index in [4.69, 9.17) is 4.42 Å². The Kier molecular flexibility index (Phi) is 4.41. The van der Waals surface area contributed by atoms with Gasteiger partial charge >= 0.3 is 0 Å². The van der Waals surface area contributed by atoms with Crippen molar-refractivity contribution in [3.63, 3.8) is 0 Å². The molecule has 5 nitrogen and oxygen atoms in total. The second-order valence-electron chi connectivity index (χ2n) is 5.26. The minimum absolute atomic E-state index is 0.184. The zero-order valence-corrected chi connectivity index (χ0v) is 14.6. The van der Waals surface area contributed by atoms with Crippen LogP contribution < -0.4 is 5.32 Å². The van der Waals surface area contributed by atoms with Crippen LogP contribution in [0.2, 0.25) is 0 Å². The van der Waals surface area contributed by atoms with E-state index >= 15 is 0 Å². The van der Waals surface area contributed by atoms with Crippen LogP contribution in [0.25, 0.3) is 21.9 Å². The van der Waals surface area contributed by atoms with E-state index in [0.29, 0.717) is 11.6 Å². The Morgan fingerprint density at radius 3 is 2.96 bits per heavy atom. The SMILES string of the molecule is O=C(NCc1cncc(-c2ccco2)c1)c1nc(-c2cccs2)cs1. The van der Waals surface area contributed by atoms with Gasteiger partial charge < -0.3 is 9.73 Å². The molecule has 0 aromatic carbocycles. The van der Waals surface area contributed by atoms with E-state index in [9.17, 15) is 4.79 Å². The zero-order chi connectivity index (χ0) is 17.1. The lowest BCUT2D eigenvalue weighted by Crippen LogP contribution is -2.22. The molecular formula is C18H13N3O2S2. The molecular weight excluding hydrogens is 354 g/mol. The van der Waals surface area contributed by atoms with E-state index < -0.39 is 0 Å². The third-order valence-electron chi connectivity index (χ3n) is 3.53. The number of hydrogen-bond acceptors (Lipinski definition) is 6. The summed E-state index contributed by atoms with van der Waals surface area (Å²) in [4.78, 5) is 22.0. The summed E-state index contributed by atoms with van der Waals surface area (Å²) in [6.07, 6.45) is 5.08. The molecule has 0 radical (unpaired) electrons. The molecule has 0 unspecified atom stereocenters. The zero-order valence-electron chi connectivity index (χ0n) is 13.0. The molecule has 0 aliphatic rings. The van der Waals surface area contributed by atoms with Crippen LogP contribution >= 0.6 is 22.7 Å². The lowest BCUT2D eigenvalue weighted by atomic mass is 10.1. The number of carbonyl (C=O) groups excluding carboxylic acids is 1. The first kappa shape index (κ1) is 15.7. The molecule has 4 aromatic rings. The maximum atomic E-state index is 12.3. The van der Waals surface area contributed by atoms with Gasteiger partial charge in [0.25, 0.3) is 5.91 Å². The number of thiazole rings is 1. The van der Waals surface area contributed by atoms with Gasteiger partial charge in [0.1, 0.15) is 5.76 Å². The number of amides is 1. The van der Waals surface area contributed by atoms with Gasteiger partial charge in [-0.2, -0.15) is 0 Å². The minimum atomic E-state index is -0.184. The quantitative estimate of drug-likeness (QED) is 0.566. The second-order valence-corrected chi connectivity index (χ2v) is 7.06. The number of pyridine rings is 1. The van der Waals surface area contributed by atoms with Crippen LogP contribution in [-0.4, -0.2) is 15.9 Å². The van der Waals surface area contributed by atoms with E-state index in [0.717, 1.165) is 27.5 Å². The Balaban J connectivity index is 1.43. The number of nitrogens with zero attached hydrogens (tertiary/aromatic N) is 2. The van der Waals surface area contributed by atoms with Crippen molar-refractivity contribution >= 4 is 28.6 Å². The fourth-order valence-electron chi connectivity index (χ4n) is 2.34. The molecule has 0 fully saturated rings. The first-order valence-corrected chi connectivity index (χ1v) is 9.31. The van der Waals surface area contributed by atoms with Gasteiger partial charge in [-0.15, -0.1) is 22.7 Å². The summed E-state index contributed by atoms with van der Waals surface area (Å²) in [5, 5.41) is 7.24. The molecule has 4 rings (SSSR count). The predicted octanol–water partition coefficient (Wildman–Crippen LogP) is 4.46. The molecule has 1 amide bonds. The summed E-state index contributed by atoms with van der Waals surface area (Å²) in [5.41, 5.74) is 2.62. The van der Waals surface area contributed by atoms with Crippen molar-refractivity contribution in [1.82, 2.24) is 15.3 Å². The molecule has 0 spiro atoms. The number of nitrogens with one attached hydrogen (secondary N) is 1. The van der Waals surface area contributed by atoms with Gasteiger partial charge in [0.05, 0.1) is 16.8 Å². The number of carbonyl (C=O) groups is 1. The molecule has 25 heavy (non-hydrogen) atoms. The molecule has 4 aromatic heterocycles. The molecule has 0 aliphatic heterocycles. The number of rotatable bonds is 5. The first-order chi connectivity index (χ1) is 12.3. The molecule has 0 saturated carbocycles. The van der Waals surface area contributed by atoms with Crippen molar-refractivity contribution in [2.24, 2.45) is 0 Å². The topological polar surface area (TPSA) is 68.0 Å². The highest BCUT2D eigenvalue weighted by molar-refractivity contribution is 7.15. The summed E-state index contributed by atoms with van der Waals surface area (Å²) in [5.74, 6) is 0.567. The van der Waals surface area contributed by atoms with Crippen molar-refractivity contribution in [3.8, 4) is 21.9 Å². The van der Waals surface area contributed by atoms with Gasteiger partial charge in [-0.1, -0.05) is 6.07 Å².